The minimum Gasteiger partial charge on any atom is -0.219 e. The van der Waals surface area contributed by atoms with E-state index in [2.05, 4.69) is 12.0 Å². The van der Waals surface area contributed by atoms with Gasteiger partial charge in [0.2, 0.25) is 0 Å². The van der Waals surface area contributed by atoms with Crippen LogP contribution >= 0.6 is 11.6 Å². The second-order valence-corrected chi connectivity index (χ2v) is 2.89. The van der Waals surface area contributed by atoms with Crippen LogP contribution in [0.2, 0.25) is 0 Å². The fourth-order valence-electron chi connectivity index (χ4n) is 0.707. The first-order valence-corrected chi connectivity index (χ1v) is 4.54. The van der Waals surface area contributed by atoms with E-state index in [1.165, 1.54) is 19.3 Å². The Hall–Kier alpha value is -0.500. The number of unbranched alkanes of at least 4 members (excludes halogenated alkanes) is 2. The Kier molecular flexibility index (Phi) is 3.43. The molecule has 11 heavy (non-hydrogen) atoms. The third kappa shape index (κ3) is 2.93. The minimum atomic E-state index is 0.827. The summed E-state index contributed by atoms with van der Waals surface area (Å²) < 4.78 is 1.83. The normalized spacial score (nSPS) is 10.4. The van der Waals surface area contributed by atoms with Crippen LogP contribution in [0, 0.1) is 0 Å². The van der Waals surface area contributed by atoms with E-state index in [0.717, 1.165) is 11.7 Å². The molecular formula is C8H13ClN2. The van der Waals surface area contributed by atoms with Gasteiger partial charge in [-0.1, -0.05) is 19.8 Å². The molecule has 2 aliphatic rings. The molecule has 0 N–H and O–H groups in total. The van der Waals surface area contributed by atoms with Crippen molar-refractivity contribution in [2.45, 2.75) is 26.2 Å². The standard InChI is InChI=1S/C5H11Cl.C3H2N2/c1-2-3-4-5-6;1-2-5-3(1)4-5/h2-5H2,1H3;1-2H. The third-order valence-corrected chi connectivity index (χ3v) is 1.77. The first kappa shape index (κ1) is 8.60. The number of nitrogens with zero attached hydrogens (tertiary/aromatic N) is 2. The number of fused-ring (bicyclic) bond motifs is 1. The van der Waals surface area contributed by atoms with Crippen LogP contribution in [0.4, 0.5) is 0 Å². The Balaban J connectivity index is 0.000000110. The van der Waals surface area contributed by atoms with E-state index in [1.54, 1.807) is 0 Å². The van der Waals surface area contributed by atoms with Crippen molar-refractivity contribution in [2.75, 3.05) is 5.88 Å². The van der Waals surface area contributed by atoms with Crippen LogP contribution in [0.25, 0.3) is 5.82 Å². The molecular weight excluding hydrogens is 160 g/mol. The van der Waals surface area contributed by atoms with Gasteiger partial charge in [0.05, 0.1) is 0 Å². The first-order chi connectivity index (χ1) is 5.38. The Morgan fingerprint density at radius 2 is 2.27 bits per heavy atom. The van der Waals surface area contributed by atoms with Crippen LogP contribution in [0.5, 0.6) is 0 Å². The highest BCUT2D eigenvalue weighted by Gasteiger charge is 2.11. The van der Waals surface area contributed by atoms with Crippen LogP contribution in [0.15, 0.2) is 12.3 Å². The van der Waals surface area contributed by atoms with Crippen molar-refractivity contribution in [3.63, 3.8) is 0 Å². The van der Waals surface area contributed by atoms with Crippen LogP contribution in [0.1, 0.15) is 26.2 Å². The number of hydrogen-bond donors (Lipinski definition) is 0. The Morgan fingerprint density at radius 3 is 2.36 bits per heavy atom. The van der Waals surface area contributed by atoms with Gasteiger partial charge < -0.3 is 0 Å². The topological polar surface area (TPSA) is 17.8 Å². The average molecular weight is 173 g/mol. The maximum Gasteiger partial charge on any atom is 0.175 e. The molecule has 0 radical (unpaired) electrons. The average Bonchev–Trinajstić information content (AvgIpc) is 2.56. The predicted molar refractivity (Wildman–Crippen MR) is 47.4 cm³/mol. The molecule has 2 nitrogen and oxygen atoms in total. The van der Waals surface area contributed by atoms with Crippen LogP contribution in [-0.2, 0) is 0 Å². The van der Waals surface area contributed by atoms with Gasteiger partial charge in [0.1, 0.15) is 0 Å². The van der Waals surface area contributed by atoms with Crippen molar-refractivity contribution < 1.29 is 0 Å². The zero-order valence-corrected chi connectivity index (χ0v) is 7.51. The molecule has 0 atom stereocenters. The van der Waals surface area contributed by atoms with Gasteiger partial charge in [0.25, 0.3) is 0 Å². The maximum absolute atomic E-state index is 5.38. The molecule has 0 aromatic carbocycles. The van der Waals surface area contributed by atoms with E-state index in [-0.39, 0.29) is 0 Å². The molecule has 2 aliphatic heterocycles. The van der Waals surface area contributed by atoms with Gasteiger partial charge in [-0.05, 0) is 6.42 Å². The van der Waals surface area contributed by atoms with Gasteiger partial charge in [0, 0.05) is 18.1 Å². The number of aromatic nitrogens is 2. The number of halogens is 1. The summed E-state index contributed by atoms with van der Waals surface area (Å²) in [5.74, 6) is 1.96. The fraction of sp³-hybridized carbons (Fsp3) is 0.625. The summed E-state index contributed by atoms with van der Waals surface area (Å²) >= 11 is 5.38. The molecule has 0 amide bonds. The molecule has 0 bridgehead atoms. The predicted octanol–water partition coefficient (Wildman–Crippen LogP) is 2.60. The van der Waals surface area contributed by atoms with Crippen molar-refractivity contribution in [1.29, 1.82) is 0 Å². The lowest BCUT2D eigenvalue weighted by molar-refractivity contribution is 0.776. The van der Waals surface area contributed by atoms with Crippen molar-refractivity contribution in [2.24, 2.45) is 0 Å². The minimum absolute atomic E-state index is 0.827. The zero-order chi connectivity index (χ0) is 8.10. The molecule has 0 saturated heterocycles. The second kappa shape index (κ2) is 4.39. The van der Waals surface area contributed by atoms with Crippen LogP contribution < -0.4 is 0 Å². The monoisotopic (exact) mass is 172 g/mol. The second-order valence-electron chi connectivity index (χ2n) is 2.51. The zero-order valence-electron chi connectivity index (χ0n) is 6.76. The molecule has 0 fully saturated rings. The van der Waals surface area contributed by atoms with E-state index in [4.69, 9.17) is 11.6 Å². The Bertz CT molecular complexity index is 180. The molecule has 0 aromatic heterocycles. The lowest BCUT2D eigenvalue weighted by Crippen LogP contribution is -1.72. The van der Waals surface area contributed by atoms with Crippen LogP contribution in [0.3, 0.4) is 0 Å². The van der Waals surface area contributed by atoms with Crippen molar-refractivity contribution in [3.05, 3.63) is 12.3 Å². The summed E-state index contributed by atoms with van der Waals surface area (Å²) in [4.78, 5) is 0. The lowest BCUT2D eigenvalue weighted by atomic mass is 10.3. The number of alkyl halides is 1. The van der Waals surface area contributed by atoms with E-state index in [9.17, 15) is 0 Å². The lowest BCUT2D eigenvalue weighted by Gasteiger charge is -1.84. The van der Waals surface area contributed by atoms with Crippen molar-refractivity contribution in [1.82, 2.24) is 9.78 Å². The molecule has 0 unspecified atom stereocenters. The van der Waals surface area contributed by atoms with E-state index in [1.807, 2.05) is 16.9 Å². The fourth-order valence-corrected chi connectivity index (χ4v) is 0.896. The van der Waals surface area contributed by atoms with Gasteiger partial charge in [-0.25, -0.2) is 4.68 Å². The highest BCUT2D eigenvalue weighted by Crippen LogP contribution is 2.13. The Labute approximate surface area is 72.2 Å². The summed E-state index contributed by atoms with van der Waals surface area (Å²) in [7, 11) is 0. The molecule has 3 heteroatoms. The van der Waals surface area contributed by atoms with Crippen LogP contribution in [-0.4, -0.2) is 15.7 Å². The Morgan fingerprint density at radius 1 is 1.55 bits per heavy atom. The van der Waals surface area contributed by atoms with Gasteiger partial charge in [-0.2, -0.15) is 0 Å². The summed E-state index contributed by atoms with van der Waals surface area (Å²) in [5.41, 5.74) is 0. The number of rotatable bonds is 3. The first-order valence-electron chi connectivity index (χ1n) is 4.00. The van der Waals surface area contributed by atoms with Gasteiger partial charge >= 0.3 is 0 Å². The molecule has 62 valence electrons. The number of hydrogen-bond acceptors (Lipinski definition) is 1. The van der Waals surface area contributed by atoms with E-state index in [0.29, 0.717) is 0 Å². The van der Waals surface area contributed by atoms with E-state index < -0.39 is 0 Å². The highest BCUT2D eigenvalue weighted by atomic mass is 35.5. The summed E-state index contributed by atoms with van der Waals surface area (Å²) in [6, 6.07) is 1.97. The summed E-state index contributed by atoms with van der Waals surface area (Å²) in [5, 5.41) is 3.81. The molecule has 0 aliphatic carbocycles. The molecule has 2 rings (SSSR count). The van der Waals surface area contributed by atoms with Crippen molar-refractivity contribution in [3.8, 4) is 5.82 Å². The summed E-state index contributed by atoms with van der Waals surface area (Å²) in [6.45, 7) is 2.17. The largest absolute Gasteiger partial charge is 0.219 e. The molecule has 0 aromatic rings. The maximum atomic E-state index is 5.38. The molecule has 0 saturated carbocycles. The SMILES string of the molecule is CCCCCCl.c1cn2nc1-2. The smallest absolute Gasteiger partial charge is 0.175 e. The van der Waals surface area contributed by atoms with Crippen molar-refractivity contribution >= 4 is 11.6 Å². The molecule has 2 heterocycles. The molecule has 0 spiro atoms. The quantitative estimate of drug-likeness (QED) is 0.514. The van der Waals surface area contributed by atoms with Gasteiger partial charge in [-0.15, -0.1) is 16.7 Å². The third-order valence-electron chi connectivity index (χ3n) is 1.51. The van der Waals surface area contributed by atoms with Gasteiger partial charge in [0.15, 0.2) is 5.82 Å². The highest BCUT2D eigenvalue weighted by molar-refractivity contribution is 6.17. The summed E-state index contributed by atoms with van der Waals surface area (Å²) in [6.07, 6.45) is 5.66. The van der Waals surface area contributed by atoms with E-state index >= 15 is 0 Å². The van der Waals surface area contributed by atoms with Gasteiger partial charge in [-0.3, -0.25) is 0 Å².